The summed E-state index contributed by atoms with van der Waals surface area (Å²) in [5.74, 6) is 0.0405. The highest BCUT2D eigenvalue weighted by atomic mass is 32.1. The highest BCUT2D eigenvalue weighted by molar-refractivity contribution is 7.71. The topological polar surface area (TPSA) is 58.5 Å². The van der Waals surface area contributed by atoms with Crippen molar-refractivity contribution in [1.82, 2.24) is 9.88 Å². The normalized spacial score (nSPS) is 20.8. The van der Waals surface area contributed by atoms with Crippen molar-refractivity contribution in [2.45, 2.75) is 31.3 Å². The van der Waals surface area contributed by atoms with Crippen LogP contribution >= 0.6 is 12.2 Å². The van der Waals surface area contributed by atoms with Crippen LogP contribution in [0.3, 0.4) is 0 Å². The van der Waals surface area contributed by atoms with E-state index in [-0.39, 0.29) is 11.5 Å². The number of hydrogen-bond donors (Lipinski definition) is 1. The zero-order chi connectivity index (χ0) is 15.2. The Morgan fingerprint density at radius 1 is 1.32 bits per heavy atom. The van der Waals surface area contributed by atoms with E-state index >= 15 is 0 Å². The minimum Gasteiger partial charge on any atom is -0.429 e. The molecule has 1 spiro atoms. The summed E-state index contributed by atoms with van der Waals surface area (Å²) < 4.78 is 11.4. The van der Waals surface area contributed by atoms with Gasteiger partial charge in [-0.2, -0.15) is 0 Å². The van der Waals surface area contributed by atoms with Crippen LogP contribution in [-0.2, 0) is 4.74 Å². The lowest BCUT2D eigenvalue weighted by Crippen LogP contribution is -2.52. The summed E-state index contributed by atoms with van der Waals surface area (Å²) in [4.78, 5) is 18.0. The van der Waals surface area contributed by atoms with E-state index in [0.29, 0.717) is 35.7 Å². The number of amides is 1. The maximum atomic E-state index is 12.8. The van der Waals surface area contributed by atoms with Gasteiger partial charge < -0.3 is 19.0 Å². The fourth-order valence-corrected chi connectivity index (χ4v) is 3.80. The van der Waals surface area contributed by atoms with Crippen LogP contribution in [0.4, 0.5) is 0 Å². The molecule has 0 unspecified atom stereocenters. The van der Waals surface area contributed by atoms with Crippen molar-refractivity contribution in [1.29, 1.82) is 0 Å². The largest absolute Gasteiger partial charge is 0.429 e. The molecule has 2 fully saturated rings. The first-order valence-electron chi connectivity index (χ1n) is 7.71. The van der Waals surface area contributed by atoms with Gasteiger partial charge in [0.25, 0.3) is 10.7 Å². The number of oxazole rings is 1. The number of aromatic nitrogens is 1. The van der Waals surface area contributed by atoms with Gasteiger partial charge in [0.2, 0.25) is 0 Å². The molecular weight excluding hydrogens is 300 g/mol. The molecule has 2 aliphatic rings. The quantitative estimate of drug-likeness (QED) is 0.820. The summed E-state index contributed by atoms with van der Waals surface area (Å²) in [6, 6.07) is 5.43. The molecule has 116 valence electrons. The molecule has 0 bridgehead atoms. The Hall–Kier alpha value is -1.66. The molecule has 5 nitrogen and oxygen atoms in total. The van der Waals surface area contributed by atoms with E-state index in [0.717, 1.165) is 18.4 Å². The standard InChI is InChI=1S/C16H18N2O3S/c19-14(11-3-4-12-13(9-11)21-15(22)17-12)18-7-8-20-16(10-18)5-1-2-6-16/h3-4,9H,1-2,5-8,10H2,(H,17,22). The molecule has 2 aromatic rings. The molecule has 1 amide bonds. The number of hydrogen-bond acceptors (Lipinski definition) is 4. The lowest BCUT2D eigenvalue weighted by molar-refractivity contribution is -0.0948. The average molecular weight is 318 g/mol. The van der Waals surface area contributed by atoms with Crippen LogP contribution in [0.25, 0.3) is 11.1 Å². The molecule has 0 radical (unpaired) electrons. The minimum absolute atomic E-state index is 0.0405. The summed E-state index contributed by atoms with van der Waals surface area (Å²) in [6.45, 7) is 1.97. The third kappa shape index (κ3) is 2.36. The van der Waals surface area contributed by atoms with Gasteiger partial charge >= 0.3 is 0 Å². The molecular formula is C16H18N2O3S. The van der Waals surface area contributed by atoms with E-state index in [1.54, 1.807) is 6.07 Å². The Bertz CT molecular complexity index is 773. The molecule has 0 atom stereocenters. The monoisotopic (exact) mass is 318 g/mol. The molecule has 2 heterocycles. The van der Waals surface area contributed by atoms with Crippen LogP contribution in [0.2, 0.25) is 0 Å². The van der Waals surface area contributed by atoms with Gasteiger partial charge in [-0.25, -0.2) is 0 Å². The van der Waals surface area contributed by atoms with Crippen molar-refractivity contribution in [3.8, 4) is 0 Å². The summed E-state index contributed by atoms with van der Waals surface area (Å²) >= 11 is 4.98. The third-order valence-corrected chi connectivity index (χ3v) is 4.90. The lowest BCUT2D eigenvalue weighted by atomic mass is 9.99. The van der Waals surface area contributed by atoms with Gasteiger partial charge in [0.15, 0.2) is 5.58 Å². The SMILES string of the molecule is O=C(c1ccc2[nH]c(=S)oc2c1)N1CCOC2(CCCC2)C1. The van der Waals surface area contributed by atoms with Crippen molar-refractivity contribution in [2.24, 2.45) is 0 Å². The molecule has 1 aliphatic heterocycles. The third-order valence-electron chi connectivity index (χ3n) is 4.72. The second-order valence-electron chi connectivity index (χ2n) is 6.19. The number of benzene rings is 1. The summed E-state index contributed by atoms with van der Waals surface area (Å²) in [6.07, 6.45) is 4.50. The van der Waals surface area contributed by atoms with Gasteiger partial charge in [0.05, 0.1) is 24.3 Å². The number of carbonyl (C=O) groups is 1. The molecule has 1 N–H and O–H groups in total. The van der Waals surface area contributed by atoms with Gasteiger partial charge in [0.1, 0.15) is 0 Å². The van der Waals surface area contributed by atoms with Crippen LogP contribution in [0.5, 0.6) is 0 Å². The maximum absolute atomic E-state index is 12.8. The minimum atomic E-state index is -0.107. The number of nitrogens with zero attached hydrogens (tertiary/aromatic N) is 1. The van der Waals surface area contributed by atoms with Gasteiger partial charge in [-0.05, 0) is 43.3 Å². The Morgan fingerprint density at radius 2 is 2.14 bits per heavy atom. The lowest BCUT2D eigenvalue weighted by Gasteiger charge is -2.40. The average Bonchev–Trinajstić information content (AvgIpc) is 3.11. The van der Waals surface area contributed by atoms with Gasteiger partial charge in [-0.3, -0.25) is 4.79 Å². The number of rotatable bonds is 1. The van der Waals surface area contributed by atoms with E-state index in [9.17, 15) is 4.79 Å². The molecule has 1 aromatic heterocycles. The Balaban J connectivity index is 1.60. The van der Waals surface area contributed by atoms with Gasteiger partial charge in [-0.15, -0.1) is 0 Å². The van der Waals surface area contributed by atoms with Gasteiger partial charge in [-0.1, -0.05) is 12.8 Å². The van der Waals surface area contributed by atoms with Crippen LogP contribution < -0.4 is 0 Å². The number of nitrogens with one attached hydrogen (secondary N) is 1. The van der Waals surface area contributed by atoms with E-state index < -0.39 is 0 Å². The Kier molecular flexibility index (Phi) is 3.31. The number of carbonyl (C=O) groups excluding carboxylic acids is 1. The summed E-state index contributed by atoms with van der Waals surface area (Å²) in [7, 11) is 0. The van der Waals surface area contributed by atoms with Gasteiger partial charge in [0, 0.05) is 12.1 Å². The number of morpholine rings is 1. The molecule has 22 heavy (non-hydrogen) atoms. The smallest absolute Gasteiger partial charge is 0.266 e. The van der Waals surface area contributed by atoms with Crippen molar-refractivity contribution in [3.63, 3.8) is 0 Å². The molecule has 4 rings (SSSR count). The zero-order valence-corrected chi connectivity index (χ0v) is 13.1. The number of ether oxygens (including phenoxy) is 1. The predicted molar refractivity (Wildman–Crippen MR) is 84.5 cm³/mol. The second kappa shape index (κ2) is 5.21. The maximum Gasteiger partial charge on any atom is 0.266 e. The zero-order valence-electron chi connectivity index (χ0n) is 12.3. The van der Waals surface area contributed by atoms with Crippen molar-refractivity contribution in [2.75, 3.05) is 19.7 Å². The van der Waals surface area contributed by atoms with Crippen LogP contribution in [0, 0.1) is 4.84 Å². The predicted octanol–water partition coefficient (Wildman–Crippen LogP) is 3.28. The Morgan fingerprint density at radius 3 is 2.95 bits per heavy atom. The van der Waals surface area contributed by atoms with E-state index in [2.05, 4.69) is 4.98 Å². The molecule has 1 aliphatic carbocycles. The molecule has 1 saturated heterocycles. The number of H-pyrrole nitrogens is 1. The number of fused-ring (bicyclic) bond motifs is 1. The summed E-state index contributed by atoms with van der Waals surface area (Å²) in [5, 5.41) is 0. The van der Waals surface area contributed by atoms with Crippen LogP contribution in [-0.4, -0.2) is 41.1 Å². The summed E-state index contributed by atoms with van der Waals surface area (Å²) in [5.41, 5.74) is 1.97. The van der Waals surface area contributed by atoms with Crippen molar-refractivity contribution in [3.05, 3.63) is 28.6 Å². The van der Waals surface area contributed by atoms with Crippen molar-refractivity contribution < 1.29 is 13.9 Å². The molecule has 1 aromatic carbocycles. The first-order chi connectivity index (χ1) is 10.7. The molecule has 6 heteroatoms. The van der Waals surface area contributed by atoms with Crippen LogP contribution in [0.1, 0.15) is 36.0 Å². The Labute approximate surface area is 133 Å². The van der Waals surface area contributed by atoms with E-state index in [1.807, 2.05) is 17.0 Å². The fraction of sp³-hybridized carbons (Fsp3) is 0.500. The first-order valence-corrected chi connectivity index (χ1v) is 8.12. The number of aromatic amines is 1. The van der Waals surface area contributed by atoms with Crippen molar-refractivity contribution >= 4 is 29.2 Å². The highest BCUT2D eigenvalue weighted by Crippen LogP contribution is 2.36. The van der Waals surface area contributed by atoms with Crippen LogP contribution in [0.15, 0.2) is 22.6 Å². The van der Waals surface area contributed by atoms with E-state index in [4.69, 9.17) is 21.4 Å². The second-order valence-corrected chi connectivity index (χ2v) is 6.56. The molecule has 1 saturated carbocycles. The fourth-order valence-electron chi connectivity index (χ4n) is 3.60. The van der Waals surface area contributed by atoms with E-state index in [1.165, 1.54) is 12.8 Å². The first kappa shape index (κ1) is 14.0. The highest BCUT2D eigenvalue weighted by Gasteiger charge is 2.40.